The van der Waals surface area contributed by atoms with Crippen LogP contribution in [-0.4, -0.2) is 27.6 Å². The SMILES string of the molecule is Cl.NCc1nc(CN2CCCC2C2CCCCC2)no1. The number of halogens is 1. The molecule has 2 aliphatic rings. The average molecular weight is 301 g/mol. The lowest BCUT2D eigenvalue weighted by atomic mass is 9.83. The summed E-state index contributed by atoms with van der Waals surface area (Å²) in [4.78, 5) is 6.88. The average Bonchev–Trinajstić information content (AvgIpc) is 3.09. The third-order valence-corrected chi connectivity index (χ3v) is 4.64. The summed E-state index contributed by atoms with van der Waals surface area (Å²) in [5.74, 6) is 2.23. The number of nitrogens with two attached hydrogens (primary N) is 1. The monoisotopic (exact) mass is 300 g/mol. The van der Waals surface area contributed by atoms with Crippen molar-refractivity contribution in [2.24, 2.45) is 11.7 Å². The van der Waals surface area contributed by atoms with Crippen molar-refractivity contribution in [1.29, 1.82) is 0 Å². The van der Waals surface area contributed by atoms with Crippen LogP contribution in [-0.2, 0) is 13.1 Å². The van der Waals surface area contributed by atoms with E-state index in [0.29, 0.717) is 12.4 Å². The summed E-state index contributed by atoms with van der Waals surface area (Å²) in [6, 6.07) is 0.736. The smallest absolute Gasteiger partial charge is 0.240 e. The first-order valence-electron chi connectivity index (χ1n) is 7.62. The van der Waals surface area contributed by atoms with Gasteiger partial charge in [0, 0.05) is 6.04 Å². The minimum Gasteiger partial charge on any atom is -0.338 e. The largest absolute Gasteiger partial charge is 0.338 e. The fourth-order valence-electron chi connectivity index (χ4n) is 3.72. The first kappa shape index (κ1) is 15.7. The van der Waals surface area contributed by atoms with Crippen LogP contribution in [0, 0.1) is 5.92 Å². The summed E-state index contributed by atoms with van der Waals surface area (Å²) < 4.78 is 5.09. The molecule has 1 saturated carbocycles. The highest BCUT2D eigenvalue weighted by atomic mass is 35.5. The third-order valence-electron chi connectivity index (χ3n) is 4.64. The highest BCUT2D eigenvalue weighted by molar-refractivity contribution is 5.85. The first-order valence-corrected chi connectivity index (χ1v) is 7.62. The predicted octanol–water partition coefficient (Wildman–Crippen LogP) is 2.49. The molecule has 20 heavy (non-hydrogen) atoms. The van der Waals surface area contributed by atoms with E-state index < -0.39 is 0 Å². The highest BCUT2D eigenvalue weighted by Crippen LogP contribution is 2.34. The highest BCUT2D eigenvalue weighted by Gasteiger charge is 2.32. The van der Waals surface area contributed by atoms with Gasteiger partial charge in [0.25, 0.3) is 0 Å². The Bertz CT molecular complexity index is 406. The van der Waals surface area contributed by atoms with Crippen LogP contribution >= 0.6 is 12.4 Å². The minimum absolute atomic E-state index is 0. The second kappa shape index (κ2) is 7.38. The number of likely N-dealkylation sites (tertiary alicyclic amines) is 1. The van der Waals surface area contributed by atoms with Gasteiger partial charge in [0.05, 0.1) is 13.1 Å². The summed E-state index contributed by atoms with van der Waals surface area (Å²) in [6.45, 7) is 2.33. The predicted molar refractivity (Wildman–Crippen MR) is 79.4 cm³/mol. The van der Waals surface area contributed by atoms with Crippen LogP contribution in [0.5, 0.6) is 0 Å². The summed E-state index contributed by atoms with van der Waals surface area (Å²) in [7, 11) is 0. The van der Waals surface area contributed by atoms with Crippen LogP contribution < -0.4 is 5.73 Å². The molecule has 1 atom stereocenters. The van der Waals surface area contributed by atoms with Crippen LogP contribution in [0.25, 0.3) is 0 Å². The van der Waals surface area contributed by atoms with Gasteiger partial charge in [-0.05, 0) is 38.1 Å². The Hall–Kier alpha value is -0.650. The van der Waals surface area contributed by atoms with Crippen molar-refractivity contribution in [3.8, 4) is 0 Å². The number of hydrogen-bond acceptors (Lipinski definition) is 5. The maximum atomic E-state index is 5.51. The molecule has 1 aliphatic heterocycles. The molecule has 0 spiro atoms. The van der Waals surface area contributed by atoms with Gasteiger partial charge in [0.2, 0.25) is 5.89 Å². The quantitative estimate of drug-likeness (QED) is 0.925. The number of hydrogen-bond donors (Lipinski definition) is 1. The first-order chi connectivity index (χ1) is 9.36. The van der Waals surface area contributed by atoms with Crippen LogP contribution in [0.1, 0.15) is 56.7 Å². The van der Waals surface area contributed by atoms with Crippen molar-refractivity contribution in [2.75, 3.05) is 6.54 Å². The van der Waals surface area contributed by atoms with Crippen LogP contribution in [0.4, 0.5) is 0 Å². The third kappa shape index (κ3) is 3.51. The Labute approximate surface area is 126 Å². The topological polar surface area (TPSA) is 68.2 Å². The molecule has 0 radical (unpaired) electrons. The van der Waals surface area contributed by atoms with E-state index in [0.717, 1.165) is 24.3 Å². The van der Waals surface area contributed by atoms with E-state index in [1.54, 1.807) is 0 Å². The molecule has 3 rings (SSSR count). The van der Waals surface area contributed by atoms with Crippen molar-refractivity contribution in [2.45, 2.75) is 64.1 Å². The summed E-state index contributed by atoms with van der Waals surface area (Å²) in [5.41, 5.74) is 5.51. The van der Waals surface area contributed by atoms with Crippen LogP contribution in [0.3, 0.4) is 0 Å². The van der Waals surface area contributed by atoms with E-state index in [9.17, 15) is 0 Å². The molecule has 6 heteroatoms. The van der Waals surface area contributed by atoms with Gasteiger partial charge < -0.3 is 10.3 Å². The van der Waals surface area contributed by atoms with Gasteiger partial charge >= 0.3 is 0 Å². The van der Waals surface area contributed by atoms with Crippen molar-refractivity contribution < 1.29 is 4.52 Å². The molecule has 2 fully saturated rings. The maximum absolute atomic E-state index is 5.51. The molecule has 0 bridgehead atoms. The number of rotatable bonds is 4. The van der Waals surface area contributed by atoms with E-state index in [4.69, 9.17) is 10.3 Å². The lowest BCUT2D eigenvalue weighted by Crippen LogP contribution is -2.36. The van der Waals surface area contributed by atoms with Crippen LogP contribution in [0.2, 0.25) is 0 Å². The van der Waals surface area contributed by atoms with Crippen molar-refractivity contribution >= 4 is 12.4 Å². The molecule has 1 unspecified atom stereocenters. The van der Waals surface area contributed by atoms with E-state index in [1.165, 1.54) is 51.5 Å². The fourth-order valence-corrected chi connectivity index (χ4v) is 3.72. The van der Waals surface area contributed by atoms with Gasteiger partial charge in [-0.2, -0.15) is 4.98 Å². The van der Waals surface area contributed by atoms with Gasteiger partial charge in [-0.25, -0.2) is 0 Å². The second-order valence-corrected chi connectivity index (χ2v) is 5.89. The van der Waals surface area contributed by atoms with Crippen molar-refractivity contribution in [1.82, 2.24) is 15.0 Å². The summed E-state index contributed by atoms with van der Waals surface area (Å²) >= 11 is 0. The lowest BCUT2D eigenvalue weighted by Gasteiger charge is -2.33. The lowest BCUT2D eigenvalue weighted by molar-refractivity contribution is 0.147. The van der Waals surface area contributed by atoms with Gasteiger partial charge in [0.15, 0.2) is 5.82 Å². The maximum Gasteiger partial charge on any atom is 0.240 e. The summed E-state index contributed by atoms with van der Waals surface area (Å²) in [6.07, 6.45) is 9.70. The van der Waals surface area contributed by atoms with Crippen molar-refractivity contribution in [3.05, 3.63) is 11.7 Å². The van der Waals surface area contributed by atoms with E-state index in [2.05, 4.69) is 15.0 Å². The normalized spacial score (nSPS) is 24.8. The molecule has 0 aromatic carbocycles. The van der Waals surface area contributed by atoms with E-state index in [1.807, 2.05) is 0 Å². The van der Waals surface area contributed by atoms with E-state index in [-0.39, 0.29) is 12.4 Å². The fraction of sp³-hybridized carbons (Fsp3) is 0.857. The molecule has 114 valence electrons. The molecule has 1 aromatic rings. The standard InChI is InChI=1S/C14H24N4O.ClH/c15-9-14-16-13(17-19-14)10-18-8-4-7-12(18)11-5-2-1-3-6-11;/h11-12H,1-10,15H2;1H. The Morgan fingerprint density at radius 2 is 1.95 bits per heavy atom. The van der Waals surface area contributed by atoms with Crippen molar-refractivity contribution in [3.63, 3.8) is 0 Å². The molecule has 5 nitrogen and oxygen atoms in total. The molecule has 2 N–H and O–H groups in total. The molecule has 2 heterocycles. The van der Waals surface area contributed by atoms with Crippen LogP contribution in [0.15, 0.2) is 4.52 Å². The summed E-state index contributed by atoms with van der Waals surface area (Å²) in [5, 5.41) is 4.02. The Kier molecular flexibility index (Phi) is 5.81. The second-order valence-electron chi connectivity index (χ2n) is 5.89. The van der Waals surface area contributed by atoms with Gasteiger partial charge in [-0.3, -0.25) is 4.90 Å². The Morgan fingerprint density at radius 1 is 1.15 bits per heavy atom. The molecule has 0 amide bonds. The van der Waals surface area contributed by atoms with Gasteiger partial charge in [-0.1, -0.05) is 24.4 Å². The van der Waals surface area contributed by atoms with Gasteiger partial charge in [-0.15, -0.1) is 12.4 Å². The molecular weight excluding hydrogens is 276 g/mol. The Balaban J connectivity index is 0.00000147. The zero-order chi connectivity index (χ0) is 13.1. The van der Waals surface area contributed by atoms with E-state index >= 15 is 0 Å². The molecule has 1 aliphatic carbocycles. The molecule has 1 saturated heterocycles. The van der Waals surface area contributed by atoms with Gasteiger partial charge in [0.1, 0.15) is 0 Å². The number of aromatic nitrogens is 2. The number of nitrogens with zero attached hydrogens (tertiary/aromatic N) is 3. The zero-order valence-corrected chi connectivity index (χ0v) is 12.8. The zero-order valence-electron chi connectivity index (χ0n) is 12.0. The minimum atomic E-state index is 0. The molecular formula is C14H25ClN4O. The molecule has 1 aromatic heterocycles. The Morgan fingerprint density at radius 3 is 2.65 bits per heavy atom.